The molecular weight excluding hydrogens is 183 g/mol. The quantitative estimate of drug-likeness (QED) is 0.331. The molecule has 0 saturated carbocycles. The van der Waals surface area contributed by atoms with E-state index >= 15 is 0 Å². The fourth-order valence-corrected chi connectivity index (χ4v) is 0.270. The molecule has 0 spiro atoms. The van der Waals surface area contributed by atoms with Crippen LogP contribution in [0.2, 0.25) is 0 Å². The van der Waals surface area contributed by atoms with Crippen LogP contribution >= 0.6 is 0 Å². The molecule has 2 unspecified atom stereocenters. The van der Waals surface area contributed by atoms with Crippen LogP contribution < -0.4 is 51.4 Å². The molecule has 7 heteroatoms. The molecule has 0 aromatic rings. The van der Waals surface area contributed by atoms with Crippen molar-refractivity contribution >= 4 is 11.9 Å². The van der Waals surface area contributed by atoms with Crippen molar-refractivity contribution in [2.24, 2.45) is 0 Å². The molecule has 0 radical (unpaired) electrons. The zero-order valence-corrected chi connectivity index (χ0v) is 8.88. The summed E-state index contributed by atoms with van der Waals surface area (Å²) in [6, 6.07) is 0. The van der Waals surface area contributed by atoms with Gasteiger partial charge in [-0.2, -0.15) is 0 Å². The largest absolute Gasteiger partial charge is 1.00 e. The van der Waals surface area contributed by atoms with Crippen molar-refractivity contribution in [2.45, 2.75) is 12.2 Å². The molecule has 6 nitrogen and oxygen atoms in total. The van der Waals surface area contributed by atoms with Crippen LogP contribution in [0, 0.1) is 0 Å². The Balaban J connectivity index is -0.000000405. The van der Waals surface area contributed by atoms with E-state index in [2.05, 4.69) is 0 Å². The van der Waals surface area contributed by atoms with Crippen molar-refractivity contribution in [3.63, 3.8) is 0 Å². The first-order chi connectivity index (χ1) is 4.46. The molecule has 0 aliphatic carbocycles. The molecule has 11 heavy (non-hydrogen) atoms. The summed E-state index contributed by atoms with van der Waals surface area (Å²) in [7, 11) is 0. The number of aliphatic carboxylic acids is 2. The molecule has 0 aliphatic rings. The molecule has 58 valence electrons. The summed E-state index contributed by atoms with van der Waals surface area (Å²) in [5.74, 6) is -3.54. The number of aliphatic hydroxyl groups is 2. The Morgan fingerprint density at radius 3 is 1.27 bits per heavy atom. The second-order valence-corrected chi connectivity index (χ2v) is 1.57. The van der Waals surface area contributed by atoms with Crippen LogP contribution in [-0.2, 0) is 9.59 Å². The Morgan fingerprint density at radius 1 is 1.00 bits per heavy atom. The van der Waals surface area contributed by atoms with Gasteiger partial charge >= 0.3 is 64.7 Å². The molecule has 4 N–H and O–H groups in total. The van der Waals surface area contributed by atoms with E-state index in [0.717, 1.165) is 0 Å². The average Bonchev–Trinajstić information content (AvgIpc) is 1.84. The first-order valence-electron chi connectivity index (χ1n) is 2.28. The van der Waals surface area contributed by atoms with Crippen LogP contribution in [0.4, 0.5) is 0 Å². The number of carbonyl (C=O) groups is 2. The van der Waals surface area contributed by atoms with Crippen molar-refractivity contribution in [3.8, 4) is 0 Å². The van der Waals surface area contributed by atoms with Gasteiger partial charge in [0, 0.05) is 0 Å². The summed E-state index contributed by atoms with van der Waals surface area (Å²) in [4.78, 5) is 19.5. The summed E-state index contributed by atoms with van der Waals surface area (Å²) >= 11 is 0. The van der Waals surface area contributed by atoms with Crippen LogP contribution in [0.15, 0.2) is 0 Å². The average molecular weight is 190 g/mol. The summed E-state index contributed by atoms with van der Waals surface area (Å²) in [6.45, 7) is 0. The first-order valence-corrected chi connectivity index (χ1v) is 2.28. The molecule has 0 rings (SSSR count). The second kappa shape index (κ2) is 6.06. The van der Waals surface area contributed by atoms with Crippen LogP contribution in [-0.4, -0.2) is 44.6 Å². The Hall–Kier alpha value is 0.496. The minimum Gasteiger partial charge on any atom is -0.479 e. The van der Waals surface area contributed by atoms with Crippen molar-refractivity contribution in [1.82, 2.24) is 0 Å². The van der Waals surface area contributed by atoms with E-state index in [9.17, 15) is 9.59 Å². The number of aliphatic hydroxyl groups excluding tert-OH is 2. The maximum absolute atomic E-state index is 9.77. The van der Waals surface area contributed by atoms with Gasteiger partial charge < -0.3 is 20.4 Å². The fraction of sp³-hybridized carbons (Fsp3) is 0.500. The summed E-state index contributed by atoms with van der Waals surface area (Å²) < 4.78 is 0. The number of carboxylic acids is 2. The van der Waals surface area contributed by atoms with Crippen molar-refractivity contribution in [2.75, 3.05) is 0 Å². The van der Waals surface area contributed by atoms with E-state index in [1.165, 1.54) is 0 Å². The predicted molar refractivity (Wildman–Crippen MR) is 28.4 cm³/mol. The fourth-order valence-electron chi connectivity index (χ4n) is 0.270. The zero-order chi connectivity index (χ0) is 8.31. The predicted octanol–water partition coefficient (Wildman–Crippen LogP) is -5.01. The maximum Gasteiger partial charge on any atom is 1.00 e. The number of rotatable bonds is 3. The van der Waals surface area contributed by atoms with Crippen molar-refractivity contribution in [1.29, 1.82) is 0 Å². The Bertz CT molecular complexity index is 144. The Morgan fingerprint density at radius 2 is 1.18 bits per heavy atom. The van der Waals surface area contributed by atoms with Crippen LogP contribution in [0.5, 0.6) is 0 Å². The normalized spacial score (nSPS) is 14.4. The van der Waals surface area contributed by atoms with E-state index in [4.69, 9.17) is 20.4 Å². The summed E-state index contributed by atoms with van der Waals surface area (Å²) in [5.41, 5.74) is 0. The summed E-state index contributed by atoms with van der Waals surface area (Å²) in [5, 5.41) is 32.5. The van der Waals surface area contributed by atoms with Gasteiger partial charge in [0.25, 0.3) is 0 Å². The number of carboxylic acid groups (broad SMARTS) is 2. The Kier molecular flexibility index (Phi) is 7.74. The third-order valence-electron chi connectivity index (χ3n) is 0.805. The van der Waals surface area contributed by atoms with Crippen LogP contribution in [0.3, 0.4) is 0 Å². The molecular formula is C4H7KO6+2. The SMILES string of the molecule is O=C(O)C(O)C(O)C(=O)O.[H+].[K+]. The van der Waals surface area contributed by atoms with Crippen molar-refractivity contribution in [3.05, 3.63) is 0 Å². The molecule has 0 aliphatic heterocycles. The molecule has 0 aromatic carbocycles. The molecule has 0 saturated heterocycles. The van der Waals surface area contributed by atoms with E-state index in [-0.39, 0.29) is 52.8 Å². The zero-order valence-electron chi connectivity index (χ0n) is 6.76. The van der Waals surface area contributed by atoms with Gasteiger partial charge in [-0.05, 0) is 0 Å². The molecule has 2 atom stereocenters. The van der Waals surface area contributed by atoms with Gasteiger partial charge in [0.1, 0.15) is 0 Å². The van der Waals surface area contributed by atoms with Crippen LogP contribution in [0.1, 0.15) is 1.43 Å². The maximum atomic E-state index is 9.77. The van der Waals surface area contributed by atoms with Gasteiger partial charge in [-0.15, -0.1) is 0 Å². The van der Waals surface area contributed by atoms with Gasteiger partial charge in [0.15, 0.2) is 12.2 Å². The molecule has 0 fully saturated rings. The first kappa shape index (κ1) is 14.0. The van der Waals surface area contributed by atoms with Crippen LogP contribution in [0.25, 0.3) is 0 Å². The molecule has 0 heterocycles. The Labute approximate surface area is 106 Å². The third kappa shape index (κ3) is 4.85. The standard InChI is InChI=1S/C4H6O6.K/c5-1(3(7)8)2(6)4(9)10;/h1-2,5-6H,(H,7,8)(H,9,10);/q;+1/p+1. The van der Waals surface area contributed by atoms with Gasteiger partial charge in [0.2, 0.25) is 0 Å². The molecule has 0 amide bonds. The van der Waals surface area contributed by atoms with Gasteiger partial charge in [-0.1, -0.05) is 0 Å². The number of hydrogen-bond acceptors (Lipinski definition) is 4. The minimum atomic E-state index is -2.27. The van der Waals surface area contributed by atoms with Gasteiger partial charge in [0.05, 0.1) is 0 Å². The monoisotopic (exact) mass is 190 g/mol. The third-order valence-corrected chi connectivity index (χ3v) is 0.805. The minimum absolute atomic E-state index is 0. The smallest absolute Gasteiger partial charge is 0.479 e. The van der Waals surface area contributed by atoms with Gasteiger partial charge in [-0.25, -0.2) is 9.59 Å². The van der Waals surface area contributed by atoms with Gasteiger partial charge in [-0.3, -0.25) is 0 Å². The van der Waals surface area contributed by atoms with Crippen molar-refractivity contribution < 1.29 is 82.8 Å². The molecule has 0 bridgehead atoms. The van der Waals surface area contributed by atoms with E-state index < -0.39 is 24.1 Å². The summed E-state index contributed by atoms with van der Waals surface area (Å²) in [6.07, 6.45) is -4.53. The number of hydrogen-bond donors (Lipinski definition) is 4. The second-order valence-electron chi connectivity index (χ2n) is 1.57. The molecule has 0 aromatic heterocycles. The van der Waals surface area contributed by atoms with E-state index in [0.29, 0.717) is 0 Å². The topological polar surface area (TPSA) is 115 Å². The van der Waals surface area contributed by atoms with E-state index in [1.54, 1.807) is 0 Å². The van der Waals surface area contributed by atoms with E-state index in [1.807, 2.05) is 0 Å².